The fraction of sp³-hybridized carbons (Fsp3) is 0.0769. The van der Waals surface area contributed by atoms with E-state index in [1.165, 1.54) is 6.07 Å². The molecule has 98 valence electrons. The summed E-state index contributed by atoms with van der Waals surface area (Å²) in [6, 6.07) is 5.94. The van der Waals surface area contributed by atoms with E-state index < -0.39 is 5.82 Å². The highest BCUT2D eigenvalue weighted by atomic mass is 79.9. The standard InChI is InChI=1S/C13H9BrClFN2O/c14-10-5-9(16)6-11(15)13(10)18-12(19)4-8-2-1-3-17-7-8/h1-3,5-7H,4H2,(H,18,19). The van der Waals surface area contributed by atoms with Gasteiger partial charge in [0.2, 0.25) is 5.91 Å². The fourth-order valence-electron chi connectivity index (χ4n) is 1.53. The molecular weight excluding hydrogens is 335 g/mol. The third kappa shape index (κ3) is 3.75. The van der Waals surface area contributed by atoms with Gasteiger partial charge in [-0.2, -0.15) is 0 Å². The smallest absolute Gasteiger partial charge is 0.228 e. The van der Waals surface area contributed by atoms with Crippen molar-refractivity contribution in [1.29, 1.82) is 0 Å². The topological polar surface area (TPSA) is 42.0 Å². The second kappa shape index (κ2) is 6.12. The summed E-state index contributed by atoms with van der Waals surface area (Å²) in [5.41, 5.74) is 1.14. The molecule has 0 radical (unpaired) electrons. The van der Waals surface area contributed by atoms with Gasteiger partial charge < -0.3 is 5.32 Å². The van der Waals surface area contributed by atoms with Gasteiger partial charge in [0.15, 0.2) is 0 Å². The highest BCUT2D eigenvalue weighted by molar-refractivity contribution is 9.10. The van der Waals surface area contributed by atoms with Crippen molar-refractivity contribution in [3.63, 3.8) is 0 Å². The average molecular weight is 344 g/mol. The summed E-state index contributed by atoms with van der Waals surface area (Å²) >= 11 is 9.05. The van der Waals surface area contributed by atoms with Crippen LogP contribution in [-0.2, 0) is 11.2 Å². The Kier molecular flexibility index (Phi) is 4.50. The molecule has 0 aliphatic carbocycles. The zero-order chi connectivity index (χ0) is 13.8. The Hall–Kier alpha value is -1.46. The second-order valence-electron chi connectivity index (χ2n) is 3.83. The molecule has 0 saturated carbocycles. The maximum atomic E-state index is 13.1. The van der Waals surface area contributed by atoms with E-state index in [0.717, 1.165) is 11.6 Å². The summed E-state index contributed by atoms with van der Waals surface area (Å²) in [4.78, 5) is 15.8. The van der Waals surface area contributed by atoms with Gasteiger partial charge in [-0.25, -0.2) is 4.39 Å². The van der Waals surface area contributed by atoms with Crippen LogP contribution in [0.25, 0.3) is 0 Å². The molecule has 2 rings (SSSR count). The van der Waals surface area contributed by atoms with Gasteiger partial charge in [-0.15, -0.1) is 0 Å². The number of anilines is 1. The van der Waals surface area contributed by atoms with E-state index in [1.54, 1.807) is 24.5 Å². The predicted molar refractivity (Wildman–Crippen MR) is 75.7 cm³/mol. The number of pyridine rings is 1. The molecule has 1 amide bonds. The van der Waals surface area contributed by atoms with Crippen LogP contribution in [0.3, 0.4) is 0 Å². The van der Waals surface area contributed by atoms with Crippen LogP contribution in [0.2, 0.25) is 5.02 Å². The zero-order valence-electron chi connectivity index (χ0n) is 9.66. The van der Waals surface area contributed by atoms with Crippen molar-refractivity contribution in [2.45, 2.75) is 6.42 Å². The molecule has 0 atom stereocenters. The van der Waals surface area contributed by atoms with Crippen molar-refractivity contribution < 1.29 is 9.18 Å². The molecule has 6 heteroatoms. The number of hydrogen-bond donors (Lipinski definition) is 1. The number of amides is 1. The summed E-state index contributed by atoms with van der Waals surface area (Å²) in [6.07, 6.45) is 3.42. The van der Waals surface area contributed by atoms with Crippen LogP contribution in [0.1, 0.15) is 5.56 Å². The lowest BCUT2D eigenvalue weighted by molar-refractivity contribution is -0.115. The van der Waals surface area contributed by atoms with Crippen LogP contribution in [-0.4, -0.2) is 10.9 Å². The molecule has 19 heavy (non-hydrogen) atoms. The van der Waals surface area contributed by atoms with E-state index in [9.17, 15) is 9.18 Å². The van der Waals surface area contributed by atoms with Crippen molar-refractivity contribution in [2.24, 2.45) is 0 Å². The molecule has 1 N–H and O–H groups in total. The minimum atomic E-state index is -0.470. The van der Waals surface area contributed by atoms with E-state index in [1.807, 2.05) is 0 Å². The first-order valence-electron chi connectivity index (χ1n) is 5.39. The minimum Gasteiger partial charge on any atom is -0.324 e. The lowest BCUT2D eigenvalue weighted by Crippen LogP contribution is -2.15. The van der Waals surface area contributed by atoms with Crippen molar-refractivity contribution in [2.75, 3.05) is 5.32 Å². The largest absolute Gasteiger partial charge is 0.324 e. The maximum absolute atomic E-state index is 13.1. The summed E-state index contributed by atoms with van der Waals surface area (Å²) in [5.74, 6) is -0.718. The third-order valence-electron chi connectivity index (χ3n) is 2.36. The van der Waals surface area contributed by atoms with Crippen LogP contribution in [0, 0.1) is 5.82 Å². The molecule has 1 aromatic heterocycles. The summed E-state index contributed by atoms with van der Waals surface area (Å²) in [6.45, 7) is 0. The molecular formula is C13H9BrClFN2O. The van der Waals surface area contributed by atoms with E-state index in [-0.39, 0.29) is 17.4 Å². The highest BCUT2D eigenvalue weighted by Crippen LogP contribution is 2.31. The lowest BCUT2D eigenvalue weighted by Gasteiger charge is -2.09. The molecule has 0 unspecified atom stereocenters. The minimum absolute atomic E-state index is 0.145. The molecule has 1 aromatic carbocycles. The molecule has 0 fully saturated rings. The van der Waals surface area contributed by atoms with Crippen molar-refractivity contribution >= 4 is 39.1 Å². The molecule has 0 spiro atoms. The number of aromatic nitrogens is 1. The number of rotatable bonds is 3. The summed E-state index contributed by atoms with van der Waals surface area (Å²) in [5, 5.41) is 2.79. The second-order valence-corrected chi connectivity index (χ2v) is 5.09. The number of carbonyl (C=O) groups excluding carboxylic acids is 1. The molecule has 0 saturated heterocycles. The molecule has 0 bridgehead atoms. The Bertz CT molecular complexity index is 584. The van der Waals surface area contributed by atoms with Gasteiger partial charge in [0.25, 0.3) is 0 Å². The fourth-order valence-corrected chi connectivity index (χ4v) is 2.43. The van der Waals surface area contributed by atoms with Crippen LogP contribution >= 0.6 is 27.5 Å². The van der Waals surface area contributed by atoms with Crippen molar-refractivity contribution in [3.05, 3.63) is 57.5 Å². The molecule has 1 heterocycles. The molecule has 0 aliphatic rings. The first-order chi connectivity index (χ1) is 9.06. The van der Waals surface area contributed by atoms with Crippen LogP contribution in [0.4, 0.5) is 10.1 Å². The number of nitrogens with zero attached hydrogens (tertiary/aromatic N) is 1. The SMILES string of the molecule is O=C(Cc1cccnc1)Nc1c(Cl)cc(F)cc1Br. The first-order valence-corrected chi connectivity index (χ1v) is 6.56. The van der Waals surface area contributed by atoms with Gasteiger partial charge in [-0.3, -0.25) is 9.78 Å². The molecule has 0 aliphatic heterocycles. The first kappa shape index (κ1) is 14.0. The number of nitrogens with one attached hydrogen (secondary N) is 1. The van der Waals surface area contributed by atoms with E-state index in [4.69, 9.17) is 11.6 Å². The Morgan fingerprint density at radius 2 is 2.26 bits per heavy atom. The summed E-state index contributed by atoms with van der Waals surface area (Å²) < 4.78 is 13.5. The monoisotopic (exact) mass is 342 g/mol. The Morgan fingerprint density at radius 3 is 2.89 bits per heavy atom. The molecule has 3 nitrogen and oxygen atoms in total. The number of hydrogen-bond acceptors (Lipinski definition) is 2. The molecule has 2 aromatic rings. The van der Waals surface area contributed by atoms with E-state index >= 15 is 0 Å². The quantitative estimate of drug-likeness (QED) is 0.920. The highest BCUT2D eigenvalue weighted by Gasteiger charge is 2.11. The average Bonchev–Trinajstić information content (AvgIpc) is 2.35. The van der Waals surface area contributed by atoms with Crippen LogP contribution < -0.4 is 5.32 Å². The van der Waals surface area contributed by atoms with Crippen molar-refractivity contribution in [1.82, 2.24) is 4.98 Å². The van der Waals surface area contributed by atoms with Gasteiger partial charge in [-0.1, -0.05) is 17.7 Å². The third-order valence-corrected chi connectivity index (χ3v) is 3.28. The Balaban J connectivity index is 2.12. The van der Waals surface area contributed by atoms with Gasteiger partial charge in [0.1, 0.15) is 5.82 Å². The Labute approximate surface area is 122 Å². The van der Waals surface area contributed by atoms with E-state index in [0.29, 0.717) is 10.2 Å². The zero-order valence-corrected chi connectivity index (χ0v) is 12.0. The maximum Gasteiger partial charge on any atom is 0.228 e. The number of benzene rings is 1. The van der Waals surface area contributed by atoms with Crippen LogP contribution in [0.15, 0.2) is 41.1 Å². The Morgan fingerprint density at radius 1 is 1.47 bits per heavy atom. The lowest BCUT2D eigenvalue weighted by atomic mass is 10.2. The number of halogens is 3. The van der Waals surface area contributed by atoms with E-state index in [2.05, 4.69) is 26.2 Å². The van der Waals surface area contributed by atoms with Gasteiger partial charge in [0, 0.05) is 16.9 Å². The van der Waals surface area contributed by atoms with Crippen molar-refractivity contribution in [3.8, 4) is 0 Å². The van der Waals surface area contributed by atoms with Gasteiger partial charge in [0.05, 0.1) is 17.1 Å². The van der Waals surface area contributed by atoms with Crippen LogP contribution in [0.5, 0.6) is 0 Å². The van der Waals surface area contributed by atoms with Gasteiger partial charge in [-0.05, 0) is 39.7 Å². The summed E-state index contributed by atoms with van der Waals surface area (Å²) in [7, 11) is 0. The predicted octanol–water partition coefficient (Wildman–Crippen LogP) is 3.82. The number of carbonyl (C=O) groups is 1. The normalized spacial score (nSPS) is 10.3. The van der Waals surface area contributed by atoms with Gasteiger partial charge >= 0.3 is 0 Å².